The highest BCUT2D eigenvalue weighted by Crippen LogP contribution is 2.25. The number of amides is 1. The van der Waals surface area contributed by atoms with E-state index in [9.17, 15) is 9.59 Å². The number of carbonyl (C=O) groups is 2. The summed E-state index contributed by atoms with van der Waals surface area (Å²) in [6.07, 6.45) is 8.51. The number of hydrogen-bond acceptors (Lipinski definition) is 3. The molecule has 0 heterocycles. The van der Waals surface area contributed by atoms with Crippen LogP contribution in [0.1, 0.15) is 51.9 Å². The first-order valence-electron chi connectivity index (χ1n) is 8.07. The molecule has 5 nitrogen and oxygen atoms in total. The van der Waals surface area contributed by atoms with Crippen molar-refractivity contribution in [3.63, 3.8) is 0 Å². The van der Waals surface area contributed by atoms with Crippen molar-refractivity contribution in [3.8, 4) is 0 Å². The molecule has 0 aromatic carbocycles. The number of nitrogens with zero attached hydrogens (tertiary/aromatic N) is 1. The minimum Gasteiger partial charge on any atom is -0.481 e. The molecule has 0 aliphatic heterocycles. The monoisotopic (exact) mass is 294 g/mol. The number of carbonyl (C=O) groups excluding carboxylic acids is 1. The van der Waals surface area contributed by atoms with Gasteiger partial charge >= 0.3 is 5.97 Å². The Labute approximate surface area is 126 Å². The van der Waals surface area contributed by atoms with Crippen molar-refractivity contribution in [2.24, 2.45) is 5.92 Å². The summed E-state index contributed by atoms with van der Waals surface area (Å²) in [4.78, 5) is 25.1. The lowest BCUT2D eigenvalue weighted by atomic mass is 9.86. The van der Waals surface area contributed by atoms with Crippen LogP contribution in [0.4, 0.5) is 0 Å². The van der Waals surface area contributed by atoms with Gasteiger partial charge < -0.3 is 15.3 Å². The predicted octanol–water partition coefficient (Wildman–Crippen LogP) is 2.14. The second-order valence-corrected chi connectivity index (χ2v) is 5.99. The molecule has 1 amide bonds. The molecule has 0 aromatic heterocycles. The molecule has 0 radical (unpaired) electrons. The van der Waals surface area contributed by atoms with Crippen molar-refractivity contribution in [1.29, 1.82) is 0 Å². The molecule has 21 heavy (non-hydrogen) atoms. The Balaban J connectivity index is 1.75. The quantitative estimate of drug-likeness (QED) is 0.787. The van der Waals surface area contributed by atoms with E-state index in [1.807, 2.05) is 11.8 Å². The highest BCUT2D eigenvalue weighted by atomic mass is 16.4. The summed E-state index contributed by atoms with van der Waals surface area (Å²) < 4.78 is 0. The van der Waals surface area contributed by atoms with E-state index in [2.05, 4.69) is 11.4 Å². The summed E-state index contributed by atoms with van der Waals surface area (Å²) >= 11 is 0. The van der Waals surface area contributed by atoms with Gasteiger partial charge in [0.15, 0.2) is 0 Å². The third kappa shape index (κ3) is 4.30. The van der Waals surface area contributed by atoms with Gasteiger partial charge in [0.2, 0.25) is 5.91 Å². The molecule has 118 valence electrons. The standard InChI is InChI=1S/C16H26N2O3/c1-2-18(14-5-3-4-6-14)15(19)11-17-13-9-7-12(8-10-13)16(20)21/h5,12-13,17H,2-4,6-11H2,1H3,(H,20,21). The van der Waals surface area contributed by atoms with Gasteiger partial charge in [0, 0.05) is 18.3 Å². The average molecular weight is 294 g/mol. The van der Waals surface area contributed by atoms with E-state index in [-0.39, 0.29) is 17.9 Å². The second-order valence-electron chi connectivity index (χ2n) is 5.99. The second kappa shape index (κ2) is 7.59. The molecular weight excluding hydrogens is 268 g/mol. The van der Waals surface area contributed by atoms with Gasteiger partial charge in [-0.3, -0.25) is 9.59 Å². The molecule has 5 heteroatoms. The van der Waals surface area contributed by atoms with Gasteiger partial charge in [-0.05, 0) is 51.9 Å². The number of likely N-dealkylation sites (N-methyl/N-ethyl adjacent to an activating group) is 1. The van der Waals surface area contributed by atoms with Crippen LogP contribution in [0.15, 0.2) is 11.8 Å². The number of aliphatic carboxylic acids is 1. The molecular formula is C16H26N2O3. The maximum atomic E-state index is 12.3. The molecule has 0 bridgehead atoms. The highest BCUT2D eigenvalue weighted by Gasteiger charge is 2.26. The summed E-state index contributed by atoms with van der Waals surface area (Å²) in [5.41, 5.74) is 1.17. The molecule has 2 rings (SSSR count). The zero-order chi connectivity index (χ0) is 15.2. The van der Waals surface area contributed by atoms with E-state index in [0.29, 0.717) is 19.4 Å². The van der Waals surface area contributed by atoms with Crippen LogP contribution in [0.2, 0.25) is 0 Å². The van der Waals surface area contributed by atoms with Gasteiger partial charge in [-0.25, -0.2) is 0 Å². The fraction of sp³-hybridized carbons (Fsp3) is 0.750. The Morgan fingerprint density at radius 1 is 1.33 bits per heavy atom. The summed E-state index contributed by atoms with van der Waals surface area (Å²) in [6.45, 7) is 3.08. The summed E-state index contributed by atoms with van der Waals surface area (Å²) in [7, 11) is 0. The molecule has 0 saturated heterocycles. The lowest BCUT2D eigenvalue weighted by molar-refractivity contribution is -0.143. The normalized spacial score (nSPS) is 25.5. The molecule has 2 aliphatic carbocycles. The maximum Gasteiger partial charge on any atom is 0.306 e. The van der Waals surface area contributed by atoms with Crippen LogP contribution >= 0.6 is 0 Å². The van der Waals surface area contributed by atoms with Crippen LogP contribution in [0.3, 0.4) is 0 Å². The van der Waals surface area contributed by atoms with Gasteiger partial charge in [0.05, 0.1) is 12.5 Å². The van der Waals surface area contributed by atoms with E-state index in [1.165, 1.54) is 5.70 Å². The zero-order valence-corrected chi connectivity index (χ0v) is 12.8. The van der Waals surface area contributed by atoms with Gasteiger partial charge in [-0.2, -0.15) is 0 Å². The minimum atomic E-state index is -0.685. The van der Waals surface area contributed by atoms with Crippen molar-refractivity contribution >= 4 is 11.9 Å². The average Bonchev–Trinajstić information content (AvgIpc) is 3.00. The number of carboxylic acids is 1. The van der Waals surface area contributed by atoms with Crippen molar-refractivity contribution in [2.75, 3.05) is 13.1 Å². The Hall–Kier alpha value is -1.36. The van der Waals surface area contributed by atoms with Gasteiger partial charge in [-0.1, -0.05) is 6.08 Å². The highest BCUT2D eigenvalue weighted by molar-refractivity contribution is 5.80. The zero-order valence-electron chi connectivity index (χ0n) is 12.8. The number of rotatable bonds is 6. The molecule has 1 saturated carbocycles. The largest absolute Gasteiger partial charge is 0.481 e. The first kappa shape index (κ1) is 16.0. The van der Waals surface area contributed by atoms with Crippen LogP contribution in [0, 0.1) is 5.92 Å². The number of carboxylic acid groups (broad SMARTS) is 1. The molecule has 0 aromatic rings. The van der Waals surface area contributed by atoms with E-state index in [0.717, 1.165) is 38.6 Å². The van der Waals surface area contributed by atoms with Crippen LogP contribution < -0.4 is 5.32 Å². The van der Waals surface area contributed by atoms with Gasteiger partial charge in [-0.15, -0.1) is 0 Å². The van der Waals surface area contributed by atoms with Crippen molar-refractivity contribution < 1.29 is 14.7 Å². The Morgan fingerprint density at radius 3 is 2.57 bits per heavy atom. The smallest absolute Gasteiger partial charge is 0.306 e. The van der Waals surface area contributed by atoms with Crippen LogP contribution in [0.5, 0.6) is 0 Å². The molecule has 0 unspecified atom stereocenters. The van der Waals surface area contributed by atoms with Crippen molar-refractivity contribution in [1.82, 2.24) is 10.2 Å². The third-order valence-corrected chi connectivity index (χ3v) is 4.60. The minimum absolute atomic E-state index is 0.131. The topological polar surface area (TPSA) is 69.6 Å². The Morgan fingerprint density at radius 2 is 2.05 bits per heavy atom. The molecule has 1 fully saturated rings. The lowest BCUT2D eigenvalue weighted by Gasteiger charge is -2.28. The number of hydrogen-bond donors (Lipinski definition) is 2. The first-order chi connectivity index (χ1) is 10.1. The van der Waals surface area contributed by atoms with Crippen molar-refractivity contribution in [2.45, 2.75) is 57.9 Å². The van der Waals surface area contributed by atoms with Crippen LogP contribution in [0.25, 0.3) is 0 Å². The third-order valence-electron chi connectivity index (χ3n) is 4.60. The van der Waals surface area contributed by atoms with Crippen LogP contribution in [-0.4, -0.2) is 41.0 Å². The number of allylic oxidation sites excluding steroid dienone is 2. The lowest BCUT2D eigenvalue weighted by Crippen LogP contribution is -2.42. The summed E-state index contributed by atoms with van der Waals surface area (Å²) in [5, 5.41) is 12.3. The summed E-state index contributed by atoms with van der Waals surface area (Å²) in [6, 6.07) is 0.279. The van der Waals surface area contributed by atoms with Crippen LogP contribution in [-0.2, 0) is 9.59 Å². The molecule has 2 aliphatic rings. The molecule has 2 N–H and O–H groups in total. The van der Waals surface area contributed by atoms with E-state index in [4.69, 9.17) is 5.11 Å². The predicted molar refractivity (Wildman–Crippen MR) is 80.7 cm³/mol. The molecule has 0 spiro atoms. The van der Waals surface area contributed by atoms with E-state index < -0.39 is 5.97 Å². The van der Waals surface area contributed by atoms with Gasteiger partial charge in [0.25, 0.3) is 0 Å². The number of nitrogens with one attached hydrogen (secondary N) is 1. The fourth-order valence-corrected chi connectivity index (χ4v) is 3.31. The Bertz CT molecular complexity index is 412. The van der Waals surface area contributed by atoms with E-state index >= 15 is 0 Å². The van der Waals surface area contributed by atoms with Gasteiger partial charge in [0.1, 0.15) is 0 Å². The molecule has 0 atom stereocenters. The van der Waals surface area contributed by atoms with E-state index in [1.54, 1.807) is 0 Å². The fourth-order valence-electron chi connectivity index (χ4n) is 3.31. The van der Waals surface area contributed by atoms with Crippen molar-refractivity contribution in [3.05, 3.63) is 11.8 Å². The summed E-state index contributed by atoms with van der Waals surface area (Å²) in [5.74, 6) is -0.754. The first-order valence-corrected chi connectivity index (χ1v) is 8.07. The Kier molecular flexibility index (Phi) is 5.79. The maximum absolute atomic E-state index is 12.3. The SMILES string of the molecule is CCN(C(=O)CNC1CCC(C(=O)O)CC1)C1=CCCC1.